The van der Waals surface area contributed by atoms with Crippen molar-refractivity contribution < 1.29 is 0 Å². The molecule has 20 heavy (non-hydrogen) atoms. The summed E-state index contributed by atoms with van der Waals surface area (Å²) in [4.78, 5) is 4.18. The van der Waals surface area contributed by atoms with Crippen LogP contribution in [-0.4, -0.2) is 9.97 Å². The lowest BCUT2D eigenvalue weighted by Gasteiger charge is -2.07. The predicted molar refractivity (Wildman–Crippen MR) is 89.9 cm³/mol. The second-order valence-corrected chi connectivity index (χ2v) is 5.15. The fourth-order valence-electron chi connectivity index (χ4n) is 1.74. The first-order chi connectivity index (χ1) is 9.79. The van der Waals surface area contributed by atoms with Crippen LogP contribution in [0.5, 0.6) is 0 Å². The van der Waals surface area contributed by atoms with Gasteiger partial charge in [-0.1, -0.05) is 66.8 Å². The monoisotopic (exact) mass is 298 g/mol. The average Bonchev–Trinajstić information content (AvgIpc) is 3.08. The van der Waals surface area contributed by atoms with Gasteiger partial charge in [-0.3, -0.25) is 4.98 Å². The molecule has 0 atom stereocenters. The Labute approximate surface area is 127 Å². The van der Waals surface area contributed by atoms with Gasteiger partial charge in [0.15, 0.2) is 0 Å². The molecule has 2 aromatic carbocycles. The topological polar surface area (TPSA) is 38.9 Å². The number of aromatic nitrogens is 1. The first-order valence-corrected chi connectivity index (χ1v) is 7.40. The summed E-state index contributed by atoms with van der Waals surface area (Å²) in [6.45, 7) is 0. The largest absolute Gasteiger partial charge is 0.389 e. The standard InChI is InChI=1S/C13H11NS.C3H3NS/c14-13(15)12-9-5-4-8-11(12)10-6-2-1-3-7-10;1-2-5-3-4-1/h1-9H,(H2,14,15);1-3H. The molecule has 0 unspecified atom stereocenters. The smallest absolute Gasteiger partial charge is 0.104 e. The van der Waals surface area contributed by atoms with Gasteiger partial charge in [-0.15, -0.1) is 11.3 Å². The molecular weight excluding hydrogens is 284 g/mol. The summed E-state index contributed by atoms with van der Waals surface area (Å²) in [7, 11) is 0. The minimum Gasteiger partial charge on any atom is -0.389 e. The van der Waals surface area contributed by atoms with Crippen molar-refractivity contribution in [2.24, 2.45) is 5.73 Å². The van der Waals surface area contributed by atoms with Gasteiger partial charge in [0.05, 0.1) is 5.51 Å². The number of nitrogens with zero attached hydrogens (tertiary/aromatic N) is 1. The Balaban J connectivity index is 0.000000247. The molecule has 3 aromatic rings. The Bertz CT molecular complexity index is 632. The number of thiocarbonyl (C=S) groups is 1. The van der Waals surface area contributed by atoms with Crippen LogP contribution >= 0.6 is 23.6 Å². The first kappa shape index (κ1) is 14.4. The molecule has 2 N–H and O–H groups in total. The van der Waals surface area contributed by atoms with Crippen molar-refractivity contribution in [3.05, 3.63) is 77.2 Å². The fraction of sp³-hybridized carbons (Fsp3) is 0. The molecule has 0 amide bonds. The van der Waals surface area contributed by atoms with Crippen molar-refractivity contribution in [3.63, 3.8) is 0 Å². The molecule has 0 saturated carbocycles. The third-order valence-electron chi connectivity index (χ3n) is 2.62. The van der Waals surface area contributed by atoms with E-state index in [1.165, 1.54) is 0 Å². The zero-order chi connectivity index (χ0) is 14.2. The van der Waals surface area contributed by atoms with Gasteiger partial charge in [0.25, 0.3) is 0 Å². The maximum absolute atomic E-state index is 5.68. The maximum Gasteiger partial charge on any atom is 0.104 e. The number of hydrogen-bond donors (Lipinski definition) is 1. The van der Waals surface area contributed by atoms with E-state index in [4.69, 9.17) is 18.0 Å². The summed E-state index contributed by atoms with van der Waals surface area (Å²) in [5, 5.41) is 1.93. The molecule has 0 aliphatic rings. The summed E-state index contributed by atoms with van der Waals surface area (Å²) >= 11 is 6.63. The third-order valence-corrected chi connectivity index (χ3v) is 3.37. The number of rotatable bonds is 2. The fourth-order valence-corrected chi connectivity index (χ4v) is 2.27. The zero-order valence-corrected chi connectivity index (χ0v) is 12.4. The summed E-state index contributed by atoms with van der Waals surface area (Å²) < 4.78 is 0. The van der Waals surface area contributed by atoms with E-state index in [0.29, 0.717) is 4.99 Å². The molecule has 3 rings (SSSR count). The summed E-state index contributed by atoms with van der Waals surface area (Å²) in [5.74, 6) is 0. The van der Waals surface area contributed by atoms with Crippen LogP contribution in [0.4, 0.5) is 0 Å². The highest BCUT2D eigenvalue weighted by atomic mass is 32.1. The Morgan fingerprint density at radius 1 is 1.00 bits per heavy atom. The van der Waals surface area contributed by atoms with Crippen LogP contribution in [0.1, 0.15) is 5.56 Å². The van der Waals surface area contributed by atoms with Gasteiger partial charge in [0.2, 0.25) is 0 Å². The molecule has 2 nitrogen and oxygen atoms in total. The van der Waals surface area contributed by atoms with Crippen molar-refractivity contribution in [2.75, 3.05) is 0 Å². The van der Waals surface area contributed by atoms with E-state index in [1.807, 2.05) is 47.8 Å². The van der Waals surface area contributed by atoms with Gasteiger partial charge in [0.1, 0.15) is 4.99 Å². The van der Waals surface area contributed by atoms with Gasteiger partial charge < -0.3 is 5.73 Å². The number of benzene rings is 2. The third kappa shape index (κ3) is 3.98. The van der Waals surface area contributed by atoms with Gasteiger partial charge in [-0.05, 0) is 11.1 Å². The maximum atomic E-state index is 5.68. The van der Waals surface area contributed by atoms with E-state index < -0.39 is 0 Å². The van der Waals surface area contributed by atoms with E-state index in [2.05, 4.69) is 17.1 Å². The summed E-state index contributed by atoms with van der Waals surface area (Å²) in [5.41, 5.74) is 10.6. The van der Waals surface area contributed by atoms with Gasteiger partial charge in [-0.2, -0.15) is 0 Å². The van der Waals surface area contributed by atoms with Crippen molar-refractivity contribution in [2.45, 2.75) is 0 Å². The Kier molecular flexibility index (Phi) is 5.41. The lowest BCUT2D eigenvalue weighted by molar-refractivity contribution is 1.43. The summed E-state index contributed by atoms with van der Waals surface area (Å²) in [6, 6.07) is 18.0. The highest BCUT2D eigenvalue weighted by Gasteiger charge is 2.05. The number of thiazole rings is 1. The molecular formula is C16H14N2S2. The van der Waals surface area contributed by atoms with E-state index >= 15 is 0 Å². The van der Waals surface area contributed by atoms with Crippen LogP contribution in [0, 0.1) is 0 Å². The Hall–Kier alpha value is -2.04. The molecule has 0 saturated heterocycles. The van der Waals surface area contributed by atoms with Crippen LogP contribution < -0.4 is 5.73 Å². The van der Waals surface area contributed by atoms with Gasteiger partial charge in [-0.25, -0.2) is 0 Å². The van der Waals surface area contributed by atoms with Crippen LogP contribution in [0.2, 0.25) is 0 Å². The minimum absolute atomic E-state index is 0.439. The first-order valence-electron chi connectivity index (χ1n) is 6.05. The van der Waals surface area contributed by atoms with E-state index in [9.17, 15) is 0 Å². The van der Waals surface area contributed by atoms with Crippen LogP contribution in [0.15, 0.2) is 71.7 Å². The molecule has 1 heterocycles. The normalized spacial score (nSPS) is 9.40. The predicted octanol–water partition coefficient (Wildman–Crippen LogP) is 4.13. The average molecular weight is 298 g/mol. The Morgan fingerprint density at radius 3 is 2.25 bits per heavy atom. The highest BCUT2D eigenvalue weighted by Crippen LogP contribution is 2.22. The SMILES string of the molecule is NC(=S)c1ccccc1-c1ccccc1.c1cscn1. The quantitative estimate of drug-likeness (QED) is 0.723. The van der Waals surface area contributed by atoms with Crippen molar-refractivity contribution in [3.8, 4) is 11.1 Å². The molecule has 100 valence electrons. The van der Waals surface area contributed by atoms with Crippen molar-refractivity contribution >= 4 is 28.5 Å². The van der Waals surface area contributed by atoms with Gasteiger partial charge in [0, 0.05) is 17.1 Å². The van der Waals surface area contributed by atoms with E-state index in [0.717, 1.165) is 16.7 Å². The molecule has 0 spiro atoms. The molecule has 0 radical (unpaired) electrons. The van der Waals surface area contributed by atoms with Crippen LogP contribution in [-0.2, 0) is 0 Å². The second kappa shape index (κ2) is 7.53. The number of nitrogens with two attached hydrogens (primary N) is 1. The zero-order valence-electron chi connectivity index (χ0n) is 10.8. The van der Waals surface area contributed by atoms with Gasteiger partial charge >= 0.3 is 0 Å². The lowest BCUT2D eigenvalue weighted by Crippen LogP contribution is -2.10. The van der Waals surface area contributed by atoms with Crippen molar-refractivity contribution in [1.82, 2.24) is 4.98 Å². The summed E-state index contributed by atoms with van der Waals surface area (Å²) in [6.07, 6.45) is 1.77. The molecule has 1 aromatic heterocycles. The Morgan fingerprint density at radius 2 is 1.70 bits per heavy atom. The molecule has 0 aliphatic carbocycles. The van der Waals surface area contributed by atoms with Crippen LogP contribution in [0.3, 0.4) is 0 Å². The van der Waals surface area contributed by atoms with Crippen molar-refractivity contribution in [1.29, 1.82) is 0 Å². The minimum atomic E-state index is 0.439. The molecule has 0 aliphatic heterocycles. The molecule has 0 fully saturated rings. The molecule has 0 bridgehead atoms. The van der Waals surface area contributed by atoms with E-state index in [1.54, 1.807) is 23.0 Å². The lowest BCUT2D eigenvalue weighted by atomic mass is 10.00. The second-order valence-electron chi connectivity index (χ2n) is 3.95. The van der Waals surface area contributed by atoms with Crippen LogP contribution in [0.25, 0.3) is 11.1 Å². The number of hydrogen-bond acceptors (Lipinski definition) is 3. The molecule has 4 heteroatoms. The highest BCUT2D eigenvalue weighted by molar-refractivity contribution is 7.80. The van der Waals surface area contributed by atoms with E-state index in [-0.39, 0.29) is 0 Å².